The summed E-state index contributed by atoms with van der Waals surface area (Å²) in [5, 5.41) is 0. The molecule has 3 aliphatic heterocycles. The van der Waals surface area contributed by atoms with Crippen molar-refractivity contribution in [2.24, 2.45) is 0 Å². The Balaban J connectivity index is 1.07. The van der Waals surface area contributed by atoms with Crippen LogP contribution in [0, 0.1) is 0 Å². The summed E-state index contributed by atoms with van der Waals surface area (Å²) in [6.07, 6.45) is 3.70. The Kier molecular flexibility index (Phi) is 5.17. The van der Waals surface area contributed by atoms with Crippen LogP contribution in [-0.4, -0.2) is 65.4 Å². The Morgan fingerprint density at radius 2 is 1.72 bits per heavy atom. The molecular formula is C25H28N4O3. The van der Waals surface area contributed by atoms with E-state index in [2.05, 4.69) is 44.8 Å². The van der Waals surface area contributed by atoms with Gasteiger partial charge in [-0.1, -0.05) is 24.3 Å². The minimum Gasteiger partial charge on any atom is -0.372 e. The molecule has 3 saturated heterocycles. The second-order valence-electron chi connectivity index (χ2n) is 9.05. The van der Waals surface area contributed by atoms with Gasteiger partial charge in [0.15, 0.2) is 0 Å². The molecule has 1 aromatic heterocycles. The fourth-order valence-electron chi connectivity index (χ4n) is 5.18. The molecule has 3 fully saturated rings. The molecule has 0 radical (unpaired) electrons. The quantitative estimate of drug-likeness (QED) is 0.634. The first kappa shape index (κ1) is 19.9. The lowest BCUT2D eigenvalue weighted by Gasteiger charge is -2.20. The molecule has 0 unspecified atom stereocenters. The molecule has 6 rings (SSSR count). The number of fused-ring (bicyclic) bond motifs is 2. The van der Waals surface area contributed by atoms with E-state index in [1.807, 2.05) is 29.4 Å². The number of ether oxygens (including phenoxy) is 2. The average Bonchev–Trinajstić information content (AvgIpc) is 3.51. The molecular weight excluding hydrogens is 404 g/mol. The summed E-state index contributed by atoms with van der Waals surface area (Å²) in [6.45, 7) is 4.70. The van der Waals surface area contributed by atoms with Crippen LogP contribution in [-0.2, 0) is 20.8 Å². The molecule has 3 aliphatic rings. The molecule has 0 N–H and O–H groups in total. The Morgan fingerprint density at radius 1 is 0.969 bits per heavy atom. The fraction of sp³-hybridized carbons (Fsp3) is 0.440. The van der Waals surface area contributed by atoms with Crippen LogP contribution in [0.3, 0.4) is 0 Å². The van der Waals surface area contributed by atoms with Crippen LogP contribution in [0.15, 0.2) is 54.9 Å². The highest BCUT2D eigenvalue weighted by Gasteiger charge is 2.37. The molecule has 2 atom stereocenters. The van der Waals surface area contributed by atoms with Gasteiger partial charge >= 0.3 is 0 Å². The molecule has 32 heavy (non-hydrogen) atoms. The van der Waals surface area contributed by atoms with Gasteiger partial charge in [0.2, 0.25) is 5.91 Å². The highest BCUT2D eigenvalue weighted by Crippen LogP contribution is 2.28. The van der Waals surface area contributed by atoms with Crippen molar-refractivity contribution in [1.29, 1.82) is 0 Å². The SMILES string of the molecule is O=C1CCCN1c1ccc(CN2C[C@@H]3OCC(n4cnc5ccccc54)CO[C@H]3C2)cc1. The van der Waals surface area contributed by atoms with Gasteiger partial charge in [0.05, 0.1) is 48.8 Å². The smallest absolute Gasteiger partial charge is 0.227 e. The van der Waals surface area contributed by atoms with Crippen molar-refractivity contribution in [3.63, 3.8) is 0 Å². The third-order valence-electron chi connectivity index (χ3n) is 6.90. The van der Waals surface area contributed by atoms with Crippen molar-refractivity contribution >= 4 is 22.6 Å². The standard InChI is InChI=1S/C25H28N4O3/c30-25-6-3-11-28(25)19-9-7-18(8-10-19)12-27-13-23-24(14-27)32-16-20(15-31-23)29-17-26-21-4-1-2-5-22(21)29/h1-2,4-5,7-10,17,20,23-24H,3,6,11-16H2/t23-,24-/m0/s1. The van der Waals surface area contributed by atoms with Crippen LogP contribution in [0.2, 0.25) is 0 Å². The summed E-state index contributed by atoms with van der Waals surface area (Å²) in [4.78, 5) is 20.8. The zero-order valence-corrected chi connectivity index (χ0v) is 18.1. The van der Waals surface area contributed by atoms with Crippen molar-refractivity contribution in [3.05, 3.63) is 60.4 Å². The van der Waals surface area contributed by atoms with Crippen molar-refractivity contribution in [2.75, 3.05) is 37.7 Å². The first-order valence-electron chi connectivity index (χ1n) is 11.5. The van der Waals surface area contributed by atoms with Crippen LogP contribution in [0.4, 0.5) is 5.69 Å². The van der Waals surface area contributed by atoms with E-state index in [1.165, 1.54) is 5.56 Å². The van der Waals surface area contributed by atoms with Crippen LogP contribution in [0.25, 0.3) is 11.0 Å². The van der Waals surface area contributed by atoms with Crippen molar-refractivity contribution in [1.82, 2.24) is 14.5 Å². The number of hydrogen-bond acceptors (Lipinski definition) is 5. The molecule has 3 aromatic rings. The fourth-order valence-corrected chi connectivity index (χ4v) is 5.18. The van der Waals surface area contributed by atoms with Gasteiger partial charge < -0.3 is 18.9 Å². The number of carbonyl (C=O) groups excluding carboxylic acids is 1. The third kappa shape index (κ3) is 3.70. The maximum absolute atomic E-state index is 12.0. The van der Waals surface area contributed by atoms with E-state index < -0.39 is 0 Å². The second kappa shape index (κ2) is 8.31. The van der Waals surface area contributed by atoms with Gasteiger partial charge in [0.25, 0.3) is 0 Å². The molecule has 1 amide bonds. The minimum atomic E-state index is 0.0938. The van der Waals surface area contributed by atoms with Gasteiger partial charge in [-0.3, -0.25) is 9.69 Å². The van der Waals surface area contributed by atoms with E-state index >= 15 is 0 Å². The number of imidazole rings is 1. The molecule has 2 aromatic carbocycles. The van der Waals surface area contributed by atoms with E-state index in [-0.39, 0.29) is 24.2 Å². The molecule has 0 aliphatic carbocycles. The summed E-state index contributed by atoms with van der Waals surface area (Å²) < 4.78 is 14.8. The highest BCUT2D eigenvalue weighted by molar-refractivity contribution is 5.95. The number of nitrogens with zero attached hydrogens (tertiary/aromatic N) is 4. The lowest BCUT2D eigenvalue weighted by atomic mass is 10.2. The number of anilines is 1. The molecule has 4 heterocycles. The molecule has 0 bridgehead atoms. The normalized spacial score (nSPS) is 24.9. The van der Waals surface area contributed by atoms with Gasteiger partial charge in [-0.25, -0.2) is 4.98 Å². The minimum absolute atomic E-state index is 0.0938. The van der Waals surface area contributed by atoms with Crippen LogP contribution >= 0.6 is 0 Å². The summed E-state index contributed by atoms with van der Waals surface area (Å²) in [7, 11) is 0. The average molecular weight is 433 g/mol. The van der Waals surface area contributed by atoms with Crippen LogP contribution < -0.4 is 4.90 Å². The van der Waals surface area contributed by atoms with E-state index in [9.17, 15) is 4.79 Å². The monoisotopic (exact) mass is 432 g/mol. The zero-order chi connectivity index (χ0) is 21.5. The highest BCUT2D eigenvalue weighted by atomic mass is 16.6. The van der Waals surface area contributed by atoms with Gasteiger partial charge in [0, 0.05) is 38.3 Å². The maximum Gasteiger partial charge on any atom is 0.227 e. The number of rotatable bonds is 4. The molecule has 0 saturated carbocycles. The van der Waals surface area contributed by atoms with Crippen LogP contribution in [0.5, 0.6) is 0 Å². The number of para-hydroxylation sites is 2. The first-order valence-corrected chi connectivity index (χ1v) is 11.5. The van der Waals surface area contributed by atoms with E-state index in [0.717, 1.165) is 49.3 Å². The number of hydrogen-bond donors (Lipinski definition) is 0. The maximum atomic E-state index is 12.0. The van der Waals surface area contributed by atoms with Crippen LogP contribution in [0.1, 0.15) is 24.4 Å². The number of likely N-dealkylation sites (tertiary alicyclic amines) is 1. The van der Waals surface area contributed by atoms with E-state index in [0.29, 0.717) is 19.6 Å². The Morgan fingerprint density at radius 3 is 2.44 bits per heavy atom. The number of amides is 1. The van der Waals surface area contributed by atoms with E-state index in [1.54, 1.807) is 0 Å². The molecule has 7 nitrogen and oxygen atoms in total. The Bertz CT molecular complexity index is 1100. The Hall–Kier alpha value is -2.74. The van der Waals surface area contributed by atoms with Gasteiger partial charge in [-0.2, -0.15) is 0 Å². The molecule has 7 heteroatoms. The largest absolute Gasteiger partial charge is 0.372 e. The van der Waals surface area contributed by atoms with Crippen molar-refractivity contribution in [2.45, 2.75) is 37.6 Å². The van der Waals surface area contributed by atoms with Gasteiger partial charge in [-0.05, 0) is 36.2 Å². The number of benzene rings is 2. The topological polar surface area (TPSA) is 59.8 Å². The van der Waals surface area contributed by atoms with Crippen molar-refractivity contribution in [3.8, 4) is 0 Å². The van der Waals surface area contributed by atoms with E-state index in [4.69, 9.17) is 9.47 Å². The van der Waals surface area contributed by atoms with Crippen molar-refractivity contribution < 1.29 is 14.3 Å². The predicted octanol–water partition coefficient (Wildman–Crippen LogP) is 3.00. The predicted molar refractivity (Wildman–Crippen MR) is 122 cm³/mol. The lowest BCUT2D eigenvalue weighted by Crippen LogP contribution is -2.27. The zero-order valence-electron chi connectivity index (χ0n) is 18.1. The lowest BCUT2D eigenvalue weighted by molar-refractivity contribution is -0.117. The molecule has 0 spiro atoms. The number of carbonyl (C=O) groups is 1. The number of aromatic nitrogens is 2. The summed E-state index contributed by atoms with van der Waals surface area (Å²) >= 11 is 0. The summed E-state index contributed by atoms with van der Waals surface area (Å²) in [5.41, 5.74) is 4.38. The summed E-state index contributed by atoms with van der Waals surface area (Å²) in [5.74, 6) is 0.230. The Labute approximate surface area is 187 Å². The molecule has 166 valence electrons. The van der Waals surface area contributed by atoms with Gasteiger partial charge in [0.1, 0.15) is 0 Å². The second-order valence-corrected chi connectivity index (χ2v) is 9.05. The third-order valence-corrected chi connectivity index (χ3v) is 6.90. The van der Waals surface area contributed by atoms with Gasteiger partial charge in [-0.15, -0.1) is 0 Å². The summed E-state index contributed by atoms with van der Waals surface area (Å²) in [6, 6.07) is 16.7. The first-order chi connectivity index (χ1) is 15.7.